The molecule has 2 heterocycles. The Morgan fingerprint density at radius 2 is 2.24 bits per heavy atom. The third-order valence-electron chi connectivity index (χ3n) is 4.00. The summed E-state index contributed by atoms with van der Waals surface area (Å²) < 4.78 is 11.2. The molecule has 0 radical (unpaired) electrons. The molecule has 1 aliphatic heterocycles. The minimum absolute atomic E-state index is 0.640. The van der Waals surface area contributed by atoms with E-state index in [-0.39, 0.29) is 0 Å². The molecule has 0 atom stereocenters. The van der Waals surface area contributed by atoms with E-state index in [2.05, 4.69) is 25.2 Å². The summed E-state index contributed by atoms with van der Waals surface area (Å²) in [6, 6.07) is 4.09. The number of anilines is 1. The number of nitrogens with one attached hydrogen (secondary N) is 1. The van der Waals surface area contributed by atoms with Crippen molar-refractivity contribution in [2.24, 2.45) is 0 Å². The molecule has 0 aliphatic carbocycles. The van der Waals surface area contributed by atoms with E-state index in [9.17, 15) is 0 Å². The van der Waals surface area contributed by atoms with Crippen molar-refractivity contribution in [3.05, 3.63) is 29.0 Å². The molecule has 4 nitrogen and oxygen atoms in total. The molecule has 3 rings (SSSR count). The van der Waals surface area contributed by atoms with Gasteiger partial charge in [-0.2, -0.15) is 0 Å². The smallest absolute Gasteiger partial charge is 0.145 e. The van der Waals surface area contributed by atoms with Gasteiger partial charge in [0.05, 0.1) is 31.7 Å². The Bertz CT molecular complexity index is 668. The van der Waals surface area contributed by atoms with Crippen molar-refractivity contribution in [3.8, 4) is 5.75 Å². The average molecular weight is 286 g/mol. The molecule has 0 unspecified atom stereocenters. The Morgan fingerprint density at radius 1 is 1.38 bits per heavy atom. The number of benzene rings is 1. The van der Waals surface area contributed by atoms with Crippen molar-refractivity contribution in [2.75, 3.05) is 25.6 Å². The molecule has 0 spiro atoms. The SMILES string of the molecule is CCCNc1c2c(nc3c(OC)ccc(C)c13)CCOC2. The first-order valence-corrected chi connectivity index (χ1v) is 7.57. The number of methoxy groups -OCH3 is 1. The van der Waals surface area contributed by atoms with Gasteiger partial charge in [0, 0.05) is 23.9 Å². The number of aromatic nitrogens is 1. The van der Waals surface area contributed by atoms with E-state index < -0.39 is 0 Å². The van der Waals surface area contributed by atoms with Crippen molar-refractivity contribution in [1.82, 2.24) is 4.98 Å². The monoisotopic (exact) mass is 286 g/mol. The molecule has 1 aliphatic rings. The topological polar surface area (TPSA) is 43.4 Å². The lowest BCUT2D eigenvalue weighted by atomic mass is 9.99. The molecule has 1 aromatic carbocycles. The standard InChI is InChI=1S/C17H22N2O2/c1-4-8-18-16-12-10-21-9-7-13(12)19-17-14(20-3)6-5-11(2)15(16)17/h5-6H,4,7-10H2,1-3H3,(H,18,19). The lowest BCUT2D eigenvalue weighted by molar-refractivity contribution is 0.110. The lowest BCUT2D eigenvalue weighted by Crippen LogP contribution is -2.16. The molecule has 0 saturated heterocycles. The predicted octanol–water partition coefficient (Wildman–Crippen LogP) is 3.45. The van der Waals surface area contributed by atoms with Gasteiger partial charge in [-0.3, -0.25) is 0 Å². The van der Waals surface area contributed by atoms with Gasteiger partial charge in [0.1, 0.15) is 11.3 Å². The highest BCUT2D eigenvalue weighted by atomic mass is 16.5. The van der Waals surface area contributed by atoms with Crippen LogP contribution in [0, 0.1) is 6.92 Å². The molecule has 112 valence electrons. The summed E-state index contributed by atoms with van der Waals surface area (Å²) in [6.07, 6.45) is 1.95. The molecule has 0 amide bonds. The number of pyridine rings is 1. The van der Waals surface area contributed by atoms with Crippen LogP contribution in [-0.2, 0) is 17.8 Å². The van der Waals surface area contributed by atoms with Gasteiger partial charge < -0.3 is 14.8 Å². The Balaban J connectivity index is 2.30. The quantitative estimate of drug-likeness (QED) is 0.935. The maximum Gasteiger partial charge on any atom is 0.145 e. The fourth-order valence-corrected chi connectivity index (χ4v) is 2.91. The summed E-state index contributed by atoms with van der Waals surface area (Å²) in [5, 5.41) is 4.74. The van der Waals surface area contributed by atoms with Crippen LogP contribution in [0.2, 0.25) is 0 Å². The maximum absolute atomic E-state index is 5.65. The minimum atomic E-state index is 0.640. The van der Waals surface area contributed by atoms with Gasteiger partial charge in [-0.25, -0.2) is 4.98 Å². The van der Waals surface area contributed by atoms with E-state index in [4.69, 9.17) is 14.5 Å². The van der Waals surface area contributed by atoms with Crippen molar-refractivity contribution in [1.29, 1.82) is 0 Å². The van der Waals surface area contributed by atoms with Crippen molar-refractivity contribution >= 4 is 16.6 Å². The van der Waals surface area contributed by atoms with Gasteiger partial charge in [-0.15, -0.1) is 0 Å². The van der Waals surface area contributed by atoms with Crippen LogP contribution in [0.15, 0.2) is 12.1 Å². The fraction of sp³-hybridized carbons (Fsp3) is 0.471. The van der Waals surface area contributed by atoms with E-state index in [1.54, 1.807) is 7.11 Å². The molecule has 1 aromatic heterocycles. The van der Waals surface area contributed by atoms with Crippen molar-refractivity contribution in [2.45, 2.75) is 33.3 Å². The first-order chi connectivity index (χ1) is 10.3. The number of hydrogen-bond donors (Lipinski definition) is 1. The van der Waals surface area contributed by atoms with Crippen molar-refractivity contribution < 1.29 is 9.47 Å². The van der Waals surface area contributed by atoms with E-state index in [1.165, 1.54) is 16.8 Å². The first kappa shape index (κ1) is 14.1. The molecular weight excluding hydrogens is 264 g/mol. The highest BCUT2D eigenvalue weighted by Gasteiger charge is 2.21. The van der Waals surface area contributed by atoms with E-state index in [0.29, 0.717) is 6.61 Å². The van der Waals surface area contributed by atoms with Crippen molar-refractivity contribution in [3.63, 3.8) is 0 Å². The van der Waals surface area contributed by atoms with Gasteiger partial charge in [-0.1, -0.05) is 13.0 Å². The third-order valence-corrected chi connectivity index (χ3v) is 4.00. The fourth-order valence-electron chi connectivity index (χ4n) is 2.91. The van der Waals surface area contributed by atoms with Gasteiger partial charge in [0.15, 0.2) is 0 Å². The average Bonchev–Trinajstić information content (AvgIpc) is 2.52. The van der Waals surface area contributed by atoms with E-state index in [0.717, 1.165) is 48.3 Å². The molecular formula is C17H22N2O2. The minimum Gasteiger partial charge on any atom is -0.494 e. The number of ether oxygens (including phenoxy) is 2. The number of nitrogens with zero attached hydrogens (tertiary/aromatic N) is 1. The van der Waals surface area contributed by atoms with Gasteiger partial charge in [0.2, 0.25) is 0 Å². The second kappa shape index (κ2) is 5.90. The third kappa shape index (κ3) is 2.44. The number of aryl methyl sites for hydroxylation is 1. The highest BCUT2D eigenvalue weighted by molar-refractivity contribution is 5.99. The van der Waals surface area contributed by atoms with Crippen LogP contribution in [0.1, 0.15) is 30.2 Å². The van der Waals surface area contributed by atoms with Crippen LogP contribution in [-0.4, -0.2) is 25.2 Å². The molecule has 1 N–H and O–H groups in total. The largest absolute Gasteiger partial charge is 0.494 e. The van der Waals surface area contributed by atoms with Gasteiger partial charge >= 0.3 is 0 Å². The number of rotatable bonds is 4. The zero-order valence-corrected chi connectivity index (χ0v) is 13.0. The van der Waals surface area contributed by atoms with Crippen LogP contribution < -0.4 is 10.1 Å². The van der Waals surface area contributed by atoms with Crippen LogP contribution in [0.4, 0.5) is 5.69 Å². The second-order valence-corrected chi connectivity index (χ2v) is 5.45. The number of hydrogen-bond acceptors (Lipinski definition) is 4. The van der Waals surface area contributed by atoms with Crippen LogP contribution >= 0.6 is 0 Å². The van der Waals surface area contributed by atoms with Crippen LogP contribution in [0.25, 0.3) is 10.9 Å². The Labute approximate surface area is 125 Å². The van der Waals surface area contributed by atoms with Crippen LogP contribution in [0.3, 0.4) is 0 Å². The summed E-state index contributed by atoms with van der Waals surface area (Å²) in [6.45, 7) is 6.62. The Kier molecular flexibility index (Phi) is 3.97. The maximum atomic E-state index is 5.65. The lowest BCUT2D eigenvalue weighted by Gasteiger charge is -2.23. The van der Waals surface area contributed by atoms with Gasteiger partial charge in [-0.05, 0) is 25.0 Å². The first-order valence-electron chi connectivity index (χ1n) is 7.57. The van der Waals surface area contributed by atoms with Gasteiger partial charge in [0.25, 0.3) is 0 Å². The molecule has 21 heavy (non-hydrogen) atoms. The number of fused-ring (bicyclic) bond motifs is 2. The second-order valence-electron chi connectivity index (χ2n) is 5.45. The molecule has 0 bridgehead atoms. The van der Waals surface area contributed by atoms with E-state index >= 15 is 0 Å². The zero-order chi connectivity index (χ0) is 14.8. The summed E-state index contributed by atoms with van der Waals surface area (Å²) >= 11 is 0. The summed E-state index contributed by atoms with van der Waals surface area (Å²) in [7, 11) is 1.70. The molecule has 0 fully saturated rings. The molecule has 4 heteroatoms. The Morgan fingerprint density at radius 3 is 3.00 bits per heavy atom. The Hall–Kier alpha value is -1.81. The zero-order valence-electron chi connectivity index (χ0n) is 13.0. The highest BCUT2D eigenvalue weighted by Crippen LogP contribution is 2.37. The summed E-state index contributed by atoms with van der Waals surface area (Å²) in [5.41, 5.74) is 5.68. The summed E-state index contributed by atoms with van der Waals surface area (Å²) in [4.78, 5) is 4.87. The summed E-state index contributed by atoms with van der Waals surface area (Å²) in [5.74, 6) is 0.837. The van der Waals surface area contributed by atoms with E-state index in [1.807, 2.05) is 6.07 Å². The molecule has 2 aromatic rings. The normalized spacial score (nSPS) is 14.0. The predicted molar refractivity (Wildman–Crippen MR) is 85.2 cm³/mol. The van der Waals surface area contributed by atoms with Crippen LogP contribution in [0.5, 0.6) is 5.75 Å². The molecule has 0 saturated carbocycles.